The Bertz CT molecular complexity index is 843. The molecule has 1 fully saturated rings. The quantitative estimate of drug-likeness (QED) is 0.831. The van der Waals surface area contributed by atoms with E-state index in [0.29, 0.717) is 12.1 Å². The van der Waals surface area contributed by atoms with Crippen LogP contribution in [0, 0.1) is 5.92 Å². The van der Waals surface area contributed by atoms with Crippen molar-refractivity contribution in [1.29, 1.82) is 0 Å². The Balaban J connectivity index is 2.08. The van der Waals surface area contributed by atoms with Gasteiger partial charge in [-0.2, -0.15) is 4.37 Å². The molecule has 0 spiro atoms. The highest BCUT2D eigenvalue weighted by molar-refractivity contribution is 7.04. The molecule has 0 unspecified atom stereocenters. The number of aromatic nitrogens is 3. The number of likely N-dealkylation sites (tertiary alicyclic amines) is 1. The molecule has 7 nitrogen and oxygen atoms in total. The highest BCUT2D eigenvalue weighted by Gasteiger charge is 2.22. The highest BCUT2D eigenvalue weighted by Crippen LogP contribution is 2.12. The van der Waals surface area contributed by atoms with Gasteiger partial charge in [0.2, 0.25) is 5.91 Å². The molecule has 8 heteroatoms. The maximum atomic E-state index is 12.7. The van der Waals surface area contributed by atoms with E-state index in [0.717, 1.165) is 37.5 Å². The van der Waals surface area contributed by atoms with Crippen molar-refractivity contribution < 1.29 is 4.79 Å². The van der Waals surface area contributed by atoms with E-state index < -0.39 is 5.69 Å². The Labute approximate surface area is 137 Å². The number of carbonyl (C=O) groups excluding carboxylic acids is 1. The predicted octanol–water partition coefficient (Wildman–Crippen LogP) is 0.898. The van der Waals surface area contributed by atoms with Crippen LogP contribution in [0.4, 0.5) is 0 Å². The first-order chi connectivity index (χ1) is 11.0. The van der Waals surface area contributed by atoms with Crippen LogP contribution in [0.2, 0.25) is 0 Å². The molecule has 0 radical (unpaired) electrons. The van der Waals surface area contributed by atoms with Crippen molar-refractivity contribution in [3.8, 4) is 0 Å². The molecule has 1 amide bonds. The second kappa shape index (κ2) is 6.27. The monoisotopic (exact) mass is 336 g/mol. The molecule has 1 saturated heterocycles. The Morgan fingerprint density at radius 2 is 1.96 bits per heavy atom. The largest absolute Gasteiger partial charge is 0.341 e. The number of carbonyl (C=O) groups is 1. The van der Waals surface area contributed by atoms with Crippen molar-refractivity contribution in [2.45, 2.75) is 39.8 Å². The summed E-state index contributed by atoms with van der Waals surface area (Å²) in [4.78, 5) is 39.3. The van der Waals surface area contributed by atoms with Crippen LogP contribution in [0.15, 0.2) is 15.0 Å². The van der Waals surface area contributed by atoms with Gasteiger partial charge in [0.1, 0.15) is 6.54 Å². The second-order valence-corrected chi connectivity index (χ2v) is 6.94. The summed E-state index contributed by atoms with van der Waals surface area (Å²) in [6.45, 7) is 5.65. The van der Waals surface area contributed by atoms with Gasteiger partial charge in [0.15, 0.2) is 5.52 Å². The molecule has 3 heterocycles. The molecular weight excluding hydrogens is 316 g/mol. The minimum Gasteiger partial charge on any atom is -0.341 e. The number of fused-ring (bicyclic) bond motifs is 1. The van der Waals surface area contributed by atoms with Gasteiger partial charge in [-0.3, -0.25) is 18.7 Å². The van der Waals surface area contributed by atoms with E-state index >= 15 is 0 Å². The molecule has 0 bridgehead atoms. The summed E-state index contributed by atoms with van der Waals surface area (Å²) in [5, 5.41) is 1.66. The lowest BCUT2D eigenvalue weighted by Gasteiger charge is -2.17. The third-order valence-electron chi connectivity index (χ3n) is 4.05. The topological polar surface area (TPSA) is 77.2 Å². The van der Waals surface area contributed by atoms with Crippen molar-refractivity contribution >= 4 is 28.5 Å². The summed E-state index contributed by atoms with van der Waals surface area (Å²) in [5.74, 6) is 0.0751. The fourth-order valence-corrected chi connectivity index (χ4v) is 3.58. The average Bonchev–Trinajstić information content (AvgIpc) is 3.18. The molecule has 1 aliphatic heterocycles. The maximum Gasteiger partial charge on any atom is 0.332 e. The van der Waals surface area contributed by atoms with Crippen LogP contribution in [-0.2, 0) is 17.9 Å². The van der Waals surface area contributed by atoms with E-state index in [1.165, 1.54) is 9.13 Å². The van der Waals surface area contributed by atoms with Crippen molar-refractivity contribution in [2.75, 3.05) is 13.1 Å². The molecule has 23 heavy (non-hydrogen) atoms. The standard InChI is InChI=1S/C15H20N4O3S/c1-10(2)7-19-14(21)13-11(9-23-16-13)18(15(19)22)8-12(20)17-5-3-4-6-17/h9-10H,3-8H2,1-2H3. The maximum absolute atomic E-state index is 12.7. The molecule has 0 aliphatic carbocycles. The molecule has 124 valence electrons. The first kappa shape index (κ1) is 15.9. The van der Waals surface area contributed by atoms with E-state index in [-0.39, 0.29) is 29.4 Å². The van der Waals surface area contributed by atoms with E-state index in [2.05, 4.69) is 4.37 Å². The van der Waals surface area contributed by atoms with Crippen LogP contribution in [0.25, 0.3) is 11.0 Å². The minimum atomic E-state index is -0.427. The number of amides is 1. The zero-order valence-electron chi connectivity index (χ0n) is 13.3. The molecule has 0 saturated carbocycles. The van der Waals surface area contributed by atoms with E-state index in [4.69, 9.17) is 0 Å². The van der Waals surface area contributed by atoms with E-state index in [1.807, 2.05) is 13.8 Å². The van der Waals surface area contributed by atoms with Crippen molar-refractivity contribution in [2.24, 2.45) is 5.92 Å². The van der Waals surface area contributed by atoms with Gasteiger partial charge in [0.25, 0.3) is 5.56 Å². The Kier molecular flexibility index (Phi) is 4.34. The Morgan fingerprint density at radius 1 is 1.26 bits per heavy atom. The molecule has 0 aromatic carbocycles. The summed E-state index contributed by atoms with van der Waals surface area (Å²) in [6, 6.07) is 0. The lowest BCUT2D eigenvalue weighted by molar-refractivity contribution is -0.130. The van der Waals surface area contributed by atoms with Gasteiger partial charge in [0.05, 0.1) is 5.52 Å². The van der Waals surface area contributed by atoms with Crippen LogP contribution < -0.4 is 11.2 Å². The number of rotatable bonds is 4. The summed E-state index contributed by atoms with van der Waals surface area (Å²) >= 11 is 1.13. The Hall–Kier alpha value is -1.96. The summed E-state index contributed by atoms with van der Waals surface area (Å²) < 4.78 is 6.71. The van der Waals surface area contributed by atoms with Crippen molar-refractivity contribution in [1.82, 2.24) is 18.4 Å². The number of nitrogens with zero attached hydrogens (tertiary/aromatic N) is 4. The lowest BCUT2D eigenvalue weighted by Crippen LogP contribution is -2.43. The van der Waals surface area contributed by atoms with Crippen molar-refractivity contribution in [3.05, 3.63) is 26.2 Å². The highest BCUT2D eigenvalue weighted by atomic mass is 32.1. The van der Waals surface area contributed by atoms with Crippen LogP contribution in [0.5, 0.6) is 0 Å². The van der Waals surface area contributed by atoms with Gasteiger partial charge in [-0.05, 0) is 30.3 Å². The minimum absolute atomic E-state index is 0.0356. The van der Waals surface area contributed by atoms with Crippen LogP contribution in [-0.4, -0.2) is 37.4 Å². The predicted molar refractivity (Wildman–Crippen MR) is 88.8 cm³/mol. The number of hydrogen-bond donors (Lipinski definition) is 0. The summed E-state index contributed by atoms with van der Waals surface area (Å²) in [6.07, 6.45) is 2.01. The van der Waals surface area contributed by atoms with Gasteiger partial charge >= 0.3 is 5.69 Å². The van der Waals surface area contributed by atoms with Crippen LogP contribution in [0.3, 0.4) is 0 Å². The molecular formula is C15H20N4O3S. The fourth-order valence-electron chi connectivity index (χ4n) is 2.92. The van der Waals surface area contributed by atoms with E-state index in [1.54, 1.807) is 10.3 Å². The normalized spacial score (nSPS) is 15.0. The van der Waals surface area contributed by atoms with Gasteiger partial charge in [-0.25, -0.2) is 4.79 Å². The third-order valence-corrected chi connectivity index (χ3v) is 4.67. The summed E-state index contributed by atoms with van der Waals surface area (Å²) in [7, 11) is 0. The zero-order chi connectivity index (χ0) is 16.6. The molecule has 1 aliphatic rings. The smallest absolute Gasteiger partial charge is 0.332 e. The Morgan fingerprint density at radius 3 is 2.61 bits per heavy atom. The molecule has 2 aromatic heterocycles. The molecule has 2 aromatic rings. The molecule has 3 rings (SSSR count). The second-order valence-electron chi connectivity index (χ2n) is 6.31. The van der Waals surface area contributed by atoms with Gasteiger partial charge < -0.3 is 4.90 Å². The SMILES string of the molecule is CC(C)Cn1c(=O)c2nscc2n(CC(=O)N2CCCC2)c1=O. The zero-order valence-corrected chi connectivity index (χ0v) is 14.1. The number of hydrogen-bond acceptors (Lipinski definition) is 5. The fraction of sp³-hybridized carbons (Fsp3) is 0.600. The van der Waals surface area contributed by atoms with Crippen LogP contribution in [0.1, 0.15) is 26.7 Å². The van der Waals surface area contributed by atoms with E-state index in [9.17, 15) is 14.4 Å². The van der Waals surface area contributed by atoms with Gasteiger partial charge in [0, 0.05) is 25.0 Å². The van der Waals surface area contributed by atoms with Crippen LogP contribution >= 0.6 is 11.5 Å². The first-order valence-electron chi connectivity index (χ1n) is 7.84. The van der Waals surface area contributed by atoms with Crippen molar-refractivity contribution in [3.63, 3.8) is 0 Å². The first-order valence-corrected chi connectivity index (χ1v) is 8.68. The molecule has 0 N–H and O–H groups in total. The lowest BCUT2D eigenvalue weighted by atomic mass is 10.2. The molecule has 0 atom stereocenters. The van der Waals surface area contributed by atoms with Gasteiger partial charge in [-0.1, -0.05) is 13.8 Å². The third kappa shape index (κ3) is 2.95. The average molecular weight is 336 g/mol. The van der Waals surface area contributed by atoms with Gasteiger partial charge in [-0.15, -0.1) is 0 Å². The summed E-state index contributed by atoms with van der Waals surface area (Å²) in [5.41, 5.74) is -0.0733.